The Kier molecular flexibility index (Phi) is 6.93. The molecule has 1 saturated heterocycles. The van der Waals surface area contributed by atoms with Crippen LogP contribution in [0.3, 0.4) is 0 Å². The van der Waals surface area contributed by atoms with E-state index < -0.39 is 0 Å². The number of esters is 1. The fourth-order valence-corrected chi connectivity index (χ4v) is 5.07. The number of benzene rings is 1. The summed E-state index contributed by atoms with van der Waals surface area (Å²) in [5, 5.41) is 4.82. The lowest BCUT2D eigenvalue weighted by molar-refractivity contribution is -0.143. The Labute approximate surface area is 208 Å². The van der Waals surface area contributed by atoms with E-state index in [4.69, 9.17) is 40.2 Å². The molecule has 33 heavy (non-hydrogen) atoms. The molecule has 172 valence electrons. The van der Waals surface area contributed by atoms with E-state index in [1.54, 1.807) is 19.2 Å². The van der Waals surface area contributed by atoms with Gasteiger partial charge in [0.05, 0.1) is 40.1 Å². The molecule has 1 N–H and O–H groups in total. The molecule has 2 aromatic heterocycles. The molecule has 0 saturated carbocycles. The van der Waals surface area contributed by atoms with Crippen LogP contribution >= 0.6 is 35.4 Å². The van der Waals surface area contributed by atoms with Gasteiger partial charge in [-0.25, -0.2) is 0 Å². The van der Waals surface area contributed by atoms with Gasteiger partial charge in [0.15, 0.2) is 5.11 Å². The first-order valence-electron chi connectivity index (χ1n) is 10.6. The van der Waals surface area contributed by atoms with Gasteiger partial charge in [0.25, 0.3) is 0 Å². The fourth-order valence-electron chi connectivity index (χ4n) is 4.38. The van der Waals surface area contributed by atoms with Crippen LogP contribution in [0.5, 0.6) is 0 Å². The van der Waals surface area contributed by atoms with Crippen molar-refractivity contribution in [1.29, 1.82) is 0 Å². The van der Waals surface area contributed by atoms with Crippen LogP contribution in [0.25, 0.3) is 5.69 Å². The zero-order valence-corrected chi connectivity index (χ0v) is 20.8. The van der Waals surface area contributed by atoms with Gasteiger partial charge in [0.2, 0.25) is 0 Å². The number of aromatic nitrogens is 2. The molecule has 1 aromatic carbocycles. The van der Waals surface area contributed by atoms with Gasteiger partial charge >= 0.3 is 5.97 Å². The Hall–Kier alpha value is -2.61. The van der Waals surface area contributed by atoms with Gasteiger partial charge in [0, 0.05) is 17.6 Å². The number of pyridine rings is 1. The highest BCUT2D eigenvalue weighted by atomic mass is 35.5. The molecule has 1 fully saturated rings. The molecule has 2 atom stereocenters. The average Bonchev–Trinajstić information content (AvgIpc) is 3.26. The van der Waals surface area contributed by atoms with E-state index in [0.717, 1.165) is 28.3 Å². The van der Waals surface area contributed by atoms with Crippen molar-refractivity contribution in [2.45, 2.75) is 32.9 Å². The Morgan fingerprint density at radius 3 is 2.70 bits per heavy atom. The molecule has 9 heteroatoms. The third-order valence-corrected chi connectivity index (χ3v) is 6.92. The zero-order valence-electron chi connectivity index (χ0n) is 18.5. The molecular weight excluding hydrogens is 479 g/mol. The van der Waals surface area contributed by atoms with Crippen LogP contribution in [0.15, 0.2) is 48.7 Å². The van der Waals surface area contributed by atoms with Gasteiger partial charge in [-0.15, -0.1) is 0 Å². The highest BCUT2D eigenvalue weighted by Crippen LogP contribution is 2.42. The predicted molar refractivity (Wildman–Crippen MR) is 134 cm³/mol. The van der Waals surface area contributed by atoms with Crippen molar-refractivity contribution in [3.05, 3.63) is 81.4 Å². The third-order valence-electron chi connectivity index (χ3n) is 5.76. The number of ether oxygens (including phenoxy) is 1. The second-order valence-corrected chi connectivity index (χ2v) is 8.97. The molecule has 3 heterocycles. The molecule has 0 spiro atoms. The summed E-state index contributed by atoms with van der Waals surface area (Å²) in [5.74, 6) is -0.333. The minimum absolute atomic E-state index is 0.0370. The molecule has 4 rings (SSSR count). The minimum atomic E-state index is -0.333. The summed E-state index contributed by atoms with van der Waals surface area (Å²) >= 11 is 18.5. The maximum absolute atomic E-state index is 12.4. The van der Waals surface area contributed by atoms with E-state index in [-0.39, 0.29) is 24.6 Å². The standard InChI is InChI=1S/C24H24Cl2N4O2S/c1-4-32-20(31)13-29-23(22(28-24(29)33)18-9-5-6-11-27-18)16-12-14(2)30(15(16)3)19-10-7-8-17(25)21(19)26/h5-12,22-23H,4,13H2,1-3H3,(H,28,33)/t22-,23+/m1/s1. The summed E-state index contributed by atoms with van der Waals surface area (Å²) in [6, 6.07) is 12.9. The number of hydrogen-bond acceptors (Lipinski definition) is 4. The van der Waals surface area contributed by atoms with Gasteiger partial charge < -0.3 is 19.5 Å². The smallest absolute Gasteiger partial charge is 0.325 e. The van der Waals surface area contributed by atoms with Gasteiger partial charge in [-0.3, -0.25) is 9.78 Å². The van der Waals surface area contributed by atoms with Crippen LogP contribution in [0, 0.1) is 13.8 Å². The van der Waals surface area contributed by atoms with E-state index in [1.807, 2.05) is 49.1 Å². The van der Waals surface area contributed by atoms with Crippen LogP contribution in [0.2, 0.25) is 10.0 Å². The summed E-state index contributed by atoms with van der Waals surface area (Å²) in [6.45, 7) is 6.17. The molecule has 6 nitrogen and oxygen atoms in total. The number of nitrogens with one attached hydrogen (secondary N) is 1. The van der Waals surface area contributed by atoms with Crippen molar-refractivity contribution in [2.75, 3.05) is 13.2 Å². The van der Waals surface area contributed by atoms with Gasteiger partial charge in [0.1, 0.15) is 6.54 Å². The van der Waals surface area contributed by atoms with Crippen LogP contribution in [0.1, 0.15) is 41.7 Å². The highest BCUT2D eigenvalue weighted by molar-refractivity contribution is 7.80. The van der Waals surface area contributed by atoms with E-state index in [1.165, 1.54) is 0 Å². The van der Waals surface area contributed by atoms with Gasteiger partial charge in [-0.05, 0) is 68.9 Å². The number of hydrogen-bond donors (Lipinski definition) is 1. The highest BCUT2D eigenvalue weighted by Gasteiger charge is 2.42. The lowest BCUT2D eigenvalue weighted by Crippen LogP contribution is -2.35. The number of carbonyl (C=O) groups is 1. The Balaban J connectivity index is 1.84. The maximum atomic E-state index is 12.4. The lowest BCUT2D eigenvalue weighted by atomic mass is 9.97. The minimum Gasteiger partial charge on any atom is -0.465 e. The van der Waals surface area contributed by atoms with Crippen LogP contribution in [-0.4, -0.2) is 38.7 Å². The number of nitrogens with zero attached hydrogens (tertiary/aromatic N) is 3. The first kappa shape index (κ1) is 23.5. The van der Waals surface area contributed by atoms with E-state index in [9.17, 15) is 4.79 Å². The molecule has 0 aliphatic carbocycles. The molecule has 1 aliphatic heterocycles. The number of rotatable bonds is 6. The summed E-state index contributed by atoms with van der Waals surface area (Å²) in [6.07, 6.45) is 1.75. The second-order valence-electron chi connectivity index (χ2n) is 7.79. The fraction of sp³-hybridized carbons (Fsp3) is 0.292. The normalized spacial score (nSPS) is 17.8. The van der Waals surface area contributed by atoms with E-state index in [2.05, 4.69) is 20.9 Å². The van der Waals surface area contributed by atoms with E-state index in [0.29, 0.717) is 21.8 Å². The Morgan fingerprint density at radius 1 is 1.21 bits per heavy atom. The maximum Gasteiger partial charge on any atom is 0.325 e. The zero-order chi connectivity index (χ0) is 23.7. The first-order chi connectivity index (χ1) is 15.8. The Morgan fingerprint density at radius 2 is 2.00 bits per heavy atom. The van der Waals surface area contributed by atoms with Crippen molar-refractivity contribution in [1.82, 2.24) is 19.8 Å². The molecule has 0 radical (unpaired) electrons. The monoisotopic (exact) mass is 502 g/mol. The van der Waals surface area contributed by atoms with Crippen LogP contribution < -0.4 is 5.32 Å². The largest absolute Gasteiger partial charge is 0.465 e. The number of thiocarbonyl (C=S) groups is 1. The summed E-state index contributed by atoms with van der Waals surface area (Å²) < 4.78 is 7.29. The van der Waals surface area contributed by atoms with Gasteiger partial charge in [-0.2, -0.15) is 0 Å². The van der Waals surface area contributed by atoms with Crippen molar-refractivity contribution in [3.63, 3.8) is 0 Å². The number of carbonyl (C=O) groups excluding carboxylic acids is 1. The number of halogens is 2. The number of aryl methyl sites for hydroxylation is 1. The molecule has 1 aliphatic rings. The molecule has 0 amide bonds. The average molecular weight is 503 g/mol. The SMILES string of the molecule is CCOC(=O)CN1C(=S)N[C@H](c2ccccn2)[C@@H]1c1cc(C)n(-c2cccc(Cl)c2Cl)c1C. The lowest BCUT2D eigenvalue weighted by Gasteiger charge is -2.27. The van der Waals surface area contributed by atoms with Crippen molar-refractivity contribution in [2.24, 2.45) is 0 Å². The summed E-state index contributed by atoms with van der Waals surface area (Å²) in [7, 11) is 0. The quantitative estimate of drug-likeness (QED) is 0.363. The molecular formula is C24H24Cl2N4O2S. The first-order valence-corrected chi connectivity index (χ1v) is 11.8. The summed E-state index contributed by atoms with van der Waals surface area (Å²) in [5.41, 5.74) is 4.60. The molecule has 0 bridgehead atoms. The summed E-state index contributed by atoms with van der Waals surface area (Å²) in [4.78, 5) is 18.8. The van der Waals surface area contributed by atoms with Crippen molar-refractivity contribution in [3.8, 4) is 5.69 Å². The third kappa shape index (κ3) is 4.45. The Bertz CT molecular complexity index is 1200. The van der Waals surface area contributed by atoms with Crippen LogP contribution in [0.4, 0.5) is 0 Å². The van der Waals surface area contributed by atoms with E-state index >= 15 is 0 Å². The molecule has 0 unspecified atom stereocenters. The van der Waals surface area contributed by atoms with Gasteiger partial charge in [-0.1, -0.05) is 35.3 Å². The topological polar surface area (TPSA) is 59.4 Å². The van der Waals surface area contributed by atoms with Crippen molar-refractivity contribution >= 4 is 46.5 Å². The van der Waals surface area contributed by atoms with Crippen LogP contribution in [-0.2, 0) is 9.53 Å². The second kappa shape index (κ2) is 9.71. The molecule has 3 aromatic rings. The predicted octanol–water partition coefficient (Wildman–Crippen LogP) is 5.33. The van der Waals surface area contributed by atoms with Crippen molar-refractivity contribution < 1.29 is 9.53 Å².